The molecule has 0 unspecified atom stereocenters. The van der Waals surface area contributed by atoms with Crippen LogP contribution in [0.2, 0.25) is 0 Å². The highest BCUT2D eigenvalue weighted by molar-refractivity contribution is 5.89. The number of furan rings is 1. The van der Waals surface area contributed by atoms with E-state index < -0.39 is 12.0 Å². The summed E-state index contributed by atoms with van der Waals surface area (Å²) in [4.78, 5) is 12.5. The van der Waals surface area contributed by atoms with Crippen LogP contribution in [0.5, 0.6) is 11.5 Å². The zero-order chi connectivity index (χ0) is 21.0. The van der Waals surface area contributed by atoms with Gasteiger partial charge in [0.2, 0.25) is 6.10 Å². The minimum atomic E-state index is -0.788. The Kier molecular flexibility index (Phi) is 4.94. The summed E-state index contributed by atoms with van der Waals surface area (Å²) in [6.07, 6.45) is 4.14. The molecule has 154 valence electrons. The third-order valence-electron chi connectivity index (χ3n) is 4.70. The van der Waals surface area contributed by atoms with Gasteiger partial charge in [0.15, 0.2) is 17.3 Å². The maximum absolute atomic E-state index is 12.5. The predicted octanol–water partition coefficient (Wildman–Crippen LogP) is 3.42. The molecule has 0 fully saturated rings. The van der Waals surface area contributed by atoms with Crippen molar-refractivity contribution < 1.29 is 18.7 Å². The molecule has 1 amide bonds. The van der Waals surface area contributed by atoms with Gasteiger partial charge in [-0.1, -0.05) is 30.3 Å². The molecule has 0 bridgehead atoms. The van der Waals surface area contributed by atoms with Crippen molar-refractivity contribution in [1.29, 1.82) is 0 Å². The Balaban J connectivity index is 1.33. The van der Waals surface area contributed by atoms with Crippen molar-refractivity contribution in [3.63, 3.8) is 0 Å². The van der Waals surface area contributed by atoms with Crippen molar-refractivity contribution in [3.8, 4) is 28.6 Å². The molecule has 3 heterocycles. The smallest absolute Gasteiger partial charge is 0.284 e. The Morgan fingerprint density at radius 1 is 1.06 bits per heavy atom. The van der Waals surface area contributed by atoms with E-state index in [0.29, 0.717) is 28.5 Å². The van der Waals surface area contributed by atoms with Gasteiger partial charge in [-0.3, -0.25) is 4.79 Å². The number of aromatic nitrogens is 2. The first-order valence-electron chi connectivity index (χ1n) is 9.68. The van der Waals surface area contributed by atoms with E-state index in [-0.39, 0.29) is 6.61 Å². The molecule has 31 heavy (non-hydrogen) atoms. The molecule has 8 heteroatoms. The number of carbonyl (C=O) groups is 1. The van der Waals surface area contributed by atoms with Gasteiger partial charge in [-0.15, -0.1) is 0 Å². The lowest BCUT2D eigenvalue weighted by atomic mass is 10.2. The lowest BCUT2D eigenvalue weighted by molar-refractivity contribution is -0.130. The fourth-order valence-electron chi connectivity index (χ4n) is 3.19. The van der Waals surface area contributed by atoms with Crippen molar-refractivity contribution >= 4 is 12.1 Å². The largest absolute Gasteiger partial charge is 0.485 e. The zero-order valence-electron chi connectivity index (χ0n) is 16.3. The normalized spacial score (nSPS) is 15.2. The highest BCUT2D eigenvalue weighted by Crippen LogP contribution is 2.30. The first kappa shape index (κ1) is 18.7. The molecule has 5 rings (SSSR count). The number of hydrogen-bond acceptors (Lipinski definition) is 6. The number of fused-ring (bicyclic) bond motifs is 1. The number of para-hydroxylation sites is 3. The summed E-state index contributed by atoms with van der Waals surface area (Å²) in [6, 6.07) is 20.5. The Morgan fingerprint density at radius 2 is 1.87 bits per heavy atom. The van der Waals surface area contributed by atoms with Crippen LogP contribution in [-0.2, 0) is 4.79 Å². The summed E-state index contributed by atoms with van der Waals surface area (Å²) in [5.74, 6) is 1.34. The predicted molar refractivity (Wildman–Crippen MR) is 113 cm³/mol. The second-order valence-corrected chi connectivity index (χ2v) is 6.79. The minimum absolute atomic E-state index is 0.113. The van der Waals surface area contributed by atoms with Gasteiger partial charge in [0.1, 0.15) is 12.3 Å². The van der Waals surface area contributed by atoms with E-state index in [0.717, 1.165) is 5.69 Å². The average Bonchev–Trinajstić information content (AvgIpc) is 3.49. The SMILES string of the molecule is O=C(N/N=C\c1cn(-c2ccccc2)nc1-c1ccco1)[C@@H]1COc2ccccc2O1. The monoisotopic (exact) mass is 414 g/mol. The van der Waals surface area contributed by atoms with Crippen molar-refractivity contribution in [3.05, 3.63) is 84.8 Å². The van der Waals surface area contributed by atoms with E-state index >= 15 is 0 Å². The van der Waals surface area contributed by atoms with E-state index in [4.69, 9.17) is 13.9 Å². The minimum Gasteiger partial charge on any atom is -0.485 e. The van der Waals surface area contributed by atoms with Gasteiger partial charge in [-0.2, -0.15) is 10.2 Å². The highest BCUT2D eigenvalue weighted by atomic mass is 16.6. The van der Waals surface area contributed by atoms with Crippen LogP contribution >= 0.6 is 0 Å². The van der Waals surface area contributed by atoms with Crippen LogP contribution in [-0.4, -0.2) is 34.6 Å². The van der Waals surface area contributed by atoms with Gasteiger partial charge in [-0.25, -0.2) is 10.1 Å². The van der Waals surface area contributed by atoms with Crippen LogP contribution in [0.4, 0.5) is 0 Å². The number of benzene rings is 2. The fraction of sp³-hybridized carbons (Fsp3) is 0.0870. The zero-order valence-corrected chi connectivity index (χ0v) is 16.3. The summed E-state index contributed by atoms with van der Waals surface area (Å²) < 4.78 is 18.5. The molecule has 8 nitrogen and oxygen atoms in total. The van der Waals surface area contributed by atoms with Crippen molar-refractivity contribution in [2.24, 2.45) is 5.10 Å². The van der Waals surface area contributed by atoms with E-state index in [2.05, 4.69) is 15.6 Å². The number of amides is 1. The van der Waals surface area contributed by atoms with Crippen molar-refractivity contribution in [2.45, 2.75) is 6.10 Å². The number of carbonyl (C=O) groups excluding carboxylic acids is 1. The topological polar surface area (TPSA) is 90.9 Å². The summed E-state index contributed by atoms with van der Waals surface area (Å²) in [7, 11) is 0. The van der Waals surface area contributed by atoms with Crippen LogP contribution in [0.25, 0.3) is 17.1 Å². The van der Waals surface area contributed by atoms with Crippen LogP contribution in [0.1, 0.15) is 5.56 Å². The first-order chi connectivity index (χ1) is 15.3. The molecule has 4 aromatic rings. The Labute approximate surface area is 177 Å². The summed E-state index contributed by atoms with van der Waals surface area (Å²) in [5, 5.41) is 8.70. The molecule has 1 atom stereocenters. The van der Waals surface area contributed by atoms with Crippen LogP contribution in [0, 0.1) is 0 Å². The van der Waals surface area contributed by atoms with Gasteiger partial charge in [-0.05, 0) is 36.4 Å². The van der Waals surface area contributed by atoms with Gasteiger partial charge >= 0.3 is 0 Å². The molecular formula is C23H18N4O4. The molecule has 0 spiro atoms. The number of rotatable bonds is 5. The maximum Gasteiger partial charge on any atom is 0.284 e. The number of hydrogen-bond donors (Lipinski definition) is 1. The van der Waals surface area contributed by atoms with Gasteiger partial charge in [0.25, 0.3) is 5.91 Å². The number of ether oxygens (including phenoxy) is 2. The Hall–Kier alpha value is -4.33. The summed E-state index contributed by atoms with van der Waals surface area (Å²) in [6.45, 7) is 0.113. The Morgan fingerprint density at radius 3 is 2.68 bits per heavy atom. The van der Waals surface area contributed by atoms with Crippen molar-refractivity contribution in [2.75, 3.05) is 6.61 Å². The molecule has 1 aliphatic heterocycles. The maximum atomic E-state index is 12.5. The average molecular weight is 414 g/mol. The van der Waals surface area contributed by atoms with Crippen molar-refractivity contribution in [1.82, 2.24) is 15.2 Å². The van der Waals surface area contributed by atoms with Gasteiger partial charge in [0.05, 0.1) is 18.2 Å². The van der Waals surface area contributed by atoms with Gasteiger partial charge in [0, 0.05) is 11.8 Å². The third kappa shape index (κ3) is 3.91. The summed E-state index contributed by atoms with van der Waals surface area (Å²) in [5.41, 5.74) is 4.70. The third-order valence-corrected chi connectivity index (χ3v) is 4.70. The standard InChI is InChI=1S/C23H18N4O4/c28-23(21-15-30-18-9-4-5-10-19(18)31-21)25-24-13-16-14-27(17-7-2-1-3-8-17)26-22(16)20-11-6-12-29-20/h1-14,21H,15H2,(H,25,28)/b24-13-/t21-/m0/s1. The van der Waals surface area contributed by atoms with Crippen LogP contribution in [0.15, 0.2) is 88.7 Å². The lowest BCUT2D eigenvalue weighted by Crippen LogP contribution is -2.42. The van der Waals surface area contributed by atoms with E-state index in [9.17, 15) is 4.79 Å². The van der Waals surface area contributed by atoms with E-state index in [1.54, 1.807) is 29.1 Å². The van der Waals surface area contributed by atoms with E-state index in [1.807, 2.05) is 54.7 Å². The molecule has 0 aliphatic carbocycles. The lowest BCUT2D eigenvalue weighted by Gasteiger charge is -2.24. The summed E-state index contributed by atoms with van der Waals surface area (Å²) >= 11 is 0. The quantitative estimate of drug-likeness (QED) is 0.399. The molecule has 0 radical (unpaired) electrons. The van der Waals surface area contributed by atoms with Crippen LogP contribution < -0.4 is 14.9 Å². The first-order valence-corrected chi connectivity index (χ1v) is 9.68. The van der Waals surface area contributed by atoms with Gasteiger partial charge < -0.3 is 13.9 Å². The second-order valence-electron chi connectivity index (χ2n) is 6.79. The Bertz CT molecular complexity index is 1220. The molecule has 1 aliphatic rings. The molecule has 2 aromatic heterocycles. The molecule has 0 saturated carbocycles. The molecule has 0 saturated heterocycles. The molecule has 2 aromatic carbocycles. The number of hydrazone groups is 1. The highest BCUT2D eigenvalue weighted by Gasteiger charge is 2.27. The van der Waals surface area contributed by atoms with E-state index in [1.165, 1.54) is 6.21 Å². The number of nitrogens with zero attached hydrogens (tertiary/aromatic N) is 3. The number of nitrogens with one attached hydrogen (secondary N) is 1. The molecule has 1 N–H and O–H groups in total. The fourth-order valence-corrected chi connectivity index (χ4v) is 3.19. The van der Waals surface area contributed by atoms with Crippen LogP contribution in [0.3, 0.4) is 0 Å². The molecular weight excluding hydrogens is 396 g/mol. The second kappa shape index (κ2) is 8.19.